The van der Waals surface area contributed by atoms with Crippen molar-refractivity contribution in [3.8, 4) is 0 Å². The average molecular weight is 481 g/mol. The third kappa shape index (κ3) is 10.3. The summed E-state index contributed by atoms with van der Waals surface area (Å²) >= 11 is 0. The first-order valence-electron chi connectivity index (χ1n) is 11.0. The number of aromatic nitrogens is 1. The Morgan fingerprint density at radius 1 is 0.853 bits per heavy atom. The van der Waals surface area contributed by atoms with E-state index in [9.17, 15) is 19.2 Å². The van der Waals surface area contributed by atoms with E-state index in [1.807, 2.05) is 20.8 Å². The zero-order valence-corrected chi connectivity index (χ0v) is 21.2. The van der Waals surface area contributed by atoms with Gasteiger partial charge in [0, 0.05) is 12.7 Å². The van der Waals surface area contributed by atoms with E-state index in [1.165, 1.54) is 32.5 Å². The predicted octanol–water partition coefficient (Wildman–Crippen LogP) is 2.69. The zero-order chi connectivity index (χ0) is 26.1. The molecule has 10 heteroatoms. The minimum absolute atomic E-state index is 0.154. The largest absolute Gasteiger partial charge is 0.469 e. The van der Waals surface area contributed by atoms with Crippen molar-refractivity contribution < 1.29 is 38.1 Å². The first-order valence-corrected chi connectivity index (χ1v) is 11.0. The second-order valence-corrected chi connectivity index (χ2v) is 9.72. The molecule has 2 heterocycles. The van der Waals surface area contributed by atoms with Gasteiger partial charge in [-0.1, -0.05) is 0 Å². The smallest absolute Gasteiger partial charge is 0.357 e. The molecule has 1 aromatic heterocycles. The van der Waals surface area contributed by atoms with Crippen molar-refractivity contribution >= 4 is 23.9 Å². The monoisotopic (exact) mass is 480 g/mol. The molecule has 190 valence electrons. The van der Waals surface area contributed by atoms with E-state index in [1.54, 1.807) is 20.8 Å². The van der Waals surface area contributed by atoms with E-state index in [4.69, 9.17) is 9.47 Å². The van der Waals surface area contributed by atoms with Crippen LogP contribution in [0.25, 0.3) is 0 Å². The lowest BCUT2D eigenvalue weighted by Crippen LogP contribution is -2.48. The van der Waals surface area contributed by atoms with Gasteiger partial charge in [0.2, 0.25) is 0 Å². The Kier molecular flexibility index (Phi) is 10.6. The van der Waals surface area contributed by atoms with E-state index < -0.39 is 23.1 Å². The fourth-order valence-corrected chi connectivity index (χ4v) is 2.88. The summed E-state index contributed by atoms with van der Waals surface area (Å²) in [7, 11) is 2.66. The van der Waals surface area contributed by atoms with Crippen LogP contribution in [0.1, 0.15) is 75.2 Å². The van der Waals surface area contributed by atoms with Gasteiger partial charge in [0.15, 0.2) is 0 Å². The van der Waals surface area contributed by atoms with Gasteiger partial charge in [-0.25, -0.2) is 14.6 Å². The van der Waals surface area contributed by atoms with Crippen LogP contribution in [0.15, 0.2) is 18.3 Å². The van der Waals surface area contributed by atoms with Crippen LogP contribution in [-0.2, 0) is 28.5 Å². The minimum Gasteiger partial charge on any atom is -0.469 e. The number of esters is 4. The number of pyridine rings is 1. The first-order chi connectivity index (χ1) is 15.7. The Balaban J connectivity index is 0.000000340. The Hall–Kier alpha value is -3.01. The van der Waals surface area contributed by atoms with Gasteiger partial charge < -0.3 is 24.3 Å². The second-order valence-electron chi connectivity index (χ2n) is 9.72. The van der Waals surface area contributed by atoms with Crippen LogP contribution in [0.3, 0.4) is 0 Å². The molecule has 1 aliphatic rings. The van der Waals surface area contributed by atoms with E-state index >= 15 is 0 Å². The number of nitrogens with one attached hydrogen (secondary N) is 1. The molecule has 0 aliphatic carbocycles. The Bertz CT molecular complexity index is 845. The van der Waals surface area contributed by atoms with Crippen molar-refractivity contribution in [2.45, 2.75) is 71.6 Å². The minimum atomic E-state index is -0.570. The number of carbonyl (C=O) groups is 4. The van der Waals surface area contributed by atoms with Crippen molar-refractivity contribution in [3.05, 3.63) is 29.6 Å². The molecule has 1 fully saturated rings. The van der Waals surface area contributed by atoms with E-state index in [0.717, 1.165) is 0 Å². The van der Waals surface area contributed by atoms with Gasteiger partial charge in [-0.3, -0.25) is 9.59 Å². The number of nitrogens with zero attached hydrogens (tertiary/aromatic N) is 1. The normalized spacial score (nSPS) is 18.0. The van der Waals surface area contributed by atoms with Crippen LogP contribution in [0.4, 0.5) is 0 Å². The highest BCUT2D eigenvalue weighted by Crippen LogP contribution is 2.18. The van der Waals surface area contributed by atoms with Crippen LogP contribution in [-0.4, -0.2) is 66.9 Å². The molecule has 10 nitrogen and oxygen atoms in total. The lowest BCUT2D eigenvalue weighted by atomic mass is 9.95. The van der Waals surface area contributed by atoms with E-state index in [2.05, 4.69) is 19.8 Å². The van der Waals surface area contributed by atoms with Crippen LogP contribution >= 0.6 is 0 Å². The van der Waals surface area contributed by atoms with Crippen LogP contribution in [0.5, 0.6) is 0 Å². The number of carbonyl (C=O) groups excluding carboxylic acids is 4. The summed E-state index contributed by atoms with van der Waals surface area (Å²) in [4.78, 5) is 49.7. The summed E-state index contributed by atoms with van der Waals surface area (Å²) in [6.07, 6.45) is 2.54. The van der Waals surface area contributed by atoms with Crippen molar-refractivity contribution in [2.24, 2.45) is 5.92 Å². The van der Waals surface area contributed by atoms with Gasteiger partial charge >= 0.3 is 23.9 Å². The number of piperidine rings is 1. The fourth-order valence-electron chi connectivity index (χ4n) is 2.88. The molecular weight excluding hydrogens is 444 g/mol. The summed E-state index contributed by atoms with van der Waals surface area (Å²) in [5.41, 5.74) is -0.593. The summed E-state index contributed by atoms with van der Waals surface area (Å²) in [6, 6.07) is 2.59. The summed E-state index contributed by atoms with van der Waals surface area (Å²) in [6.45, 7) is 11.3. The molecule has 0 bridgehead atoms. The molecule has 0 spiro atoms. The number of hydrogen-bond donors (Lipinski definition) is 1. The molecule has 1 N–H and O–H groups in total. The van der Waals surface area contributed by atoms with Crippen molar-refractivity contribution in [1.29, 1.82) is 0 Å². The van der Waals surface area contributed by atoms with Gasteiger partial charge in [-0.2, -0.15) is 0 Å². The summed E-state index contributed by atoms with van der Waals surface area (Å²) in [5, 5.41) is 3.03. The quantitative estimate of drug-likeness (QED) is 0.507. The molecule has 34 heavy (non-hydrogen) atoms. The Labute approximate surface area is 200 Å². The lowest BCUT2D eigenvalue weighted by molar-refractivity contribution is -0.159. The van der Waals surface area contributed by atoms with Crippen molar-refractivity contribution in [2.75, 3.05) is 20.8 Å². The summed E-state index contributed by atoms with van der Waals surface area (Å²) in [5.74, 6) is -1.64. The van der Waals surface area contributed by atoms with Gasteiger partial charge in [0.05, 0.1) is 25.7 Å². The van der Waals surface area contributed by atoms with Crippen LogP contribution < -0.4 is 5.32 Å². The van der Waals surface area contributed by atoms with E-state index in [0.29, 0.717) is 24.9 Å². The SMILES string of the molecule is COC(=O)[C@H]1CC[C@@H](C(=O)OC(C)(C)C)NC1.COC(=O)c1ccc(C(=O)OC(C)(C)C)nc1. The molecular formula is C24H36N2O8. The van der Waals surface area contributed by atoms with Crippen molar-refractivity contribution in [1.82, 2.24) is 10.3 Å². The standard InChI is InChI=1S/C12H21NO4.C12H15NO4/c2*1-12(2,3)17-11(15)9-6-5-8(7-13-9)10(14)16-4/h8-9,13H,5-7H2,1-4H3;5-7H,1-4H3/t8-,9-;/m0./s1. The first kappa shape index (κ1) is 29.0. The molecule has 0 radical (unpaired) electrons. The third-order valence-corrected chi connectivity index (χ3v) is 4.43. The maximum Gasteiger partial charge on any atom is 0.357 e. The number of rotatable bonds is 4. The second kappa shape index (κ2) is 12.5. The van der Waals surface area contributed by atoms with Gasteiger partial charge in [-0.05, 0) is 66.5 Å². The molecule has 1 aliphatic heterocycles. The molecule has 2 rings (SSSR count). The molecule has 1 saturated heterocycles. The highest BCUT2D eigenvalue weighted by Gasteiger charge is 2.32. The van der Waals surface area contributed by atoms with Crippen LogP contribution in [0.2, 0.25) is 0 Å². The topological polar surface area (TPSA) is 130 Å². The zero-order valence-electron chi connectivity index (χ0n) is 21.2. The number of hydrogen-bond acceptors (Lipinski definition) is 10. The maximum absolute atomic E-state index is 11.8. The van der Waals surface area contributed by atoms with Gasteiger partial charge in [0.1, 0.15) is 22.9 Å². The van der Waals surface area contributed by atoms with Crippen molar-refractivity contribution in [3.63, 3.8) is 0 Å². The predicted molar refractivity (Wildman–Crippen MR) is 123 cm³/mol. The molecule has 0 amide bonds. The molecule has 0 aromatic carbocycles. The van der Waals surface area contributed by atoms with E-state index in [-0.39, 0.29) is 29.6 Å². The molecule has 2 atom stereocenters. The Morgan fingerprint density at radius 3 is 1.88 bits per heavy atom. The maximum atomic E-state index is 11.8. The highest BCUT2D eigenvalue weighted by atomic mass is 16.6. The Morgan fingerprint density at radius 2 is 1.47 bits per heavy atom. The molecule has 0 unspecified atom stereocenters. The average Bonchev–Trinajstić information content (AvgIpc) is 2.76. The lowest BCUT2D eigenvalue weighted by Gasteiger charge is -2.29. The molecule has 0 saturated carbocycles. The summed E-state index contributed by atoms with van der Waals surface area (Å²) < 4.78 is 19.6. The van der Waals surface area contributed by atoms with Gasteiger partial charge in [0.25, 0.3) is 0 Å². The number of methoxy groups -OCH3 is 2. The third-order valence-electron chi connectivity index (χ3n) is 4.43. The highest BCUT2D eigenvalue weighted by molar-refractivity contribution is 5.91. The fraction of sp³-hybridized carbons (Fsp3) is 0.625. The van der Waals surface area contributed by atoms with Gasteiger partial charge in [-0.15, -0.1) is 0 Å². The number of ether oxygens (including phenoxy) is 4. The van der Waals surface area contributed by atoms with Crippen LogP contribution in [0, 0.1) is 5.92 Å². The molecule has 1 aromatic rings.